The summed E-state index contributed by atoms with van der Waals surface area (Å²) in [5, 5.41) is 11.4. The van der Waals surface area contributed by atoms with Gasteiger partial charge in [-0.25, -0.2) is 0 Å². The van der Waals surface area contributed by atoms with Gasteiger partial charge in [0.25, 0.3) is 11.8 Å². The van der Waals surface area contributed by atoms with Crippen molar-refractivity contribution in [2.24, 2.45) is 0 Å². The number of carbonyl (C=O) groups excluding carboxylic acids is 3. The minimum atomic E-state index is -4.53. The van der Waals surface area contributed by atoms with Crippen LogP contribution in [0.5, 0.6) is 0 Å². The summed E-state index contributed by atoms with van der Waals surface area (Å²) in [6, 6.07) is 11.7. The van der Waals surface area contributed by atoms with E-state index in [0.29, 0.717) is 11.3 Å². The molecular weight excluding hydrogens is 443 g/mol. The molecule has 2 unspecified atom stereocenters. The van der Waals surface area contributed by atoms with E-state index in [4.69, 9.17) is 14.7 Å². The van der Waals surface area contributed by atoms with Crippen LogP contribution in [0.2, 0.25) is 0 Å². The van der Waals surface area contributed by atoms with Crippen molar-refractivity contribution in [1.82, 2.24) is 0 Å². The first-order valence-corrected chi connectivity index (χ1v) is 9.68. The van der Waals surface area contributed by atoms with Crippen molar-refractivity contribution in [1.29, 1.82) is 5.26 Å². The molecule has 1 fully saturated rings. The van der Waals surface area contributed by atoms with Crippen molar-refractivity contribution in [2.75, 3.05) is 23.4 Å². The van der Waals surface area contributed by atoms with Crippen LogP contribution >= 0.6 is 0 Å². The predicted octanol–water partition coefficient (Wildman–Crippen LogP) is 2.88. The van der Waals surface area contributed by atoms with Gasteiger partial charge in [-0.05, 0) is 48.5 Å². The largest absolute Gasteiger partial charge is 0.449 e. The number of morpholine rings is 1. The van der Waals surface area contributed by atoms with Crippen LogP contribution in [-0.4, -0.2) is 43.1 Å². The van der Waals surface area contributed by atoms with Crippen molar-refractivity contribution in [3.8, 4) is 6.07 Å². The number of halogens is 3. The number of ether oxygens (including phenoxy) is 2. The quantitative estimate of drug-likeness (QED) is 0.686. The molecule has 2 aromatic rings. The Kier molecular flexibility index (Phi) is 6.98. The topological polar surface area (TPSA) is 109 Å². The smallest absolute Gasteiger partial charge is 0.416 e. The molecule has 1 saturated heterocycles. The maximum Gasteiger partial charge on any atom is 0.416 e. The highest BCUT2D eigenvalue weighted by Crippen LogP contribution is 2.31. The molecular formula is C22H18F3N3O5. The maximum absolute atomic E-state index is 13.0. The molecule has 0 aromatic heterocycles. The number of anilines is 2. The molecule has 0 spiro atoms. The number of hydrogen-bond donors (Lipinski definition) is 1. The Morgan fingerprint density at radius 1 is 1.18 bits per heavy atom. The number of esters is 1. The maximum atomic E-state index is 13.0. The third-order valence-electron chi connectivity index (χ3n) is 4.74. The number of alkyl halides is 3. The van der Waals surface area contributed by atoms with Gasteiger partial charge in [0.15, 0.2) is 6.10 Å². The zero-order valence-corrected chi connectivity index (χ0v) is 17.3. The Morgan fingerprint density at radius 3 is 2.36 bits per heavy atom. The molecule has 0 bridgehead atoms. The van der Waals surface area contributed by atoms with Gasteiger partial charge in [-0.2, -0.15) is 18.4 Å². The molecule has 0 radical (unpaired) electrons. The van der Waals surface area contributed by atoms with Crippen LogP contribution in [0.1, 0.15) is 18.1 Å². The van der Waals surface area contributed by atoms with E-state index in [2.05, 4.69) is 5.32 Å². The van der Waals surface area contributed by atoms with Crippen LogP contribution in [0.4, 0.5) is 24.5 Å². The van der Waals surface area contributed by atoms with Crippen LogP contribution in [-0.2, 0) is 30.0 Å². The van der Waals surface area contributed by atoms with E-state index in [0.717, 1.165) is 31.2 Å². The molecule has 1 aliphatic rings. The van der Waals surface area contributed by atoms with Crippen LogP contribution in [0.15, 0.2) is 48.5 Å². The zero-order chi connectivity index (χ0) is 24.2. The standard InChI is InChI=1S/C22H18F3N3O5/c1-13(29)33-18(20(30)27-16-6-2-14(12-26)3-7-16)19-21(31)28(10-11-32-19)17-8-4-15(5-9-17)22(23,24)25/h2-9,18-19H,10-11H2,1H3,(H,27,30). The Bertz CT molecular complexity index is 1080. The van der Waals surface area contributed by atoms with E-state index in [-0.39, 0.29) is 18.8 Å². The second-order valence-corrected chi connectivity index (χ2v) is 7.03. The van der Waals surface area contributed by atoms with E-state index >= 15 is 0 Å². The summed E-state index contributed by atoms with van der Waals surface area (Å²) in [6.45, 7) is 1.05. The van der Waals surface area contributed by atoms with Gasteiger partial charge in [-0.1, -0.05) is 0 Å². The van der Waals surface area contributed by atoms with Gasteiger partial charge < -0.3 is 19.7 Å². The van der Waals surface area contributed by atoms with Gasteiger partial charge in [0.2, 0.25) is 6.10 Å². The molecule has 2 aromatic carbocycles. The van der Waals surface area contributed by atoms with Gasteiger partial charge >= 0.3 is 12.1 Å². The second kappa shape index (κ2) is 9.70. The molecule has 8 nitrogen and oxygen atoms in total. The fourth-order valence-electron chi connectivity index (χ4n) is 3.18. The monoisotopic (exact) mass is 461 g/mol. The number of carbonyl (C=O) groups is 3. The average Bonchev–Trinajstić information content (AvgIpc) is 2.78. The Hall–Kier alpha value is -3.91. The Morgan fingerprint density at radius 2 is 1.82 bits per heavy atom. The summed E-state index contributed by atoms with van der Waals surface area (Å²) in [5.74, 6) is -2.43. The number of nitriles is 1. The van der Waals surface area contributed by atoms with Crippen LogP contribution < -0.4 is 10.2 Å². The highest BCUT2D eigenvalue weighted by molar-refractivity contribution is 6.04. The first-order chi connectivity index (χ1) is 15.6. The van der Waals surface area contributed by atoms with Crippen molar-refractivity contribution < 1.29 is 37.0 Å². The summed E-state index contributed by atoms with van der Waals surface area (Å²) < 4.78 is 49.0. The van der Waals surface area contributed by atoms with Gasteiger partial charge in [-0.15, -0.1) is 0 Å². The number of rotatable bonds is 5. The fourth-order valence-corrected chi connectivity index (χ4v) is 3.18. The number of benzene rings is 2. The summed E-state index contributed by atoms with van der Waals surface area (Å²) in [7, 11) is 0. The molecule has 2 amide bonds. The molecule has 172 valence electrons. The van der Waals surface area contributed by atoms with Crippen LogP contribution in [0, 0.1) is 11.3 Å². The molecule has 11 heteroatoms. The summed E-state index contributed by atoms with van der Waals surface area (Å²) in [6.07, 6.45) is -7.69. The lowest BCUT2D eigenvalue weighted by Gasteiger charge is -2.35. The predicted molar refractivity (Wildman–Crippen MR) is 109 cm³/mol. The number of amides is 2. The molecule has 33 heavy (non-hydrogen) atoms. The number of nitrogens with one attached hydrogen (secondary N) is 1. The van der Waals surface area contributed by atoms with E-state index in [9.17, 15) is 27.6 Å². The highest BCUT2D eigenvalue weighted by atomic mass is 19.4. The van der Waals surface area contributed by atoms with Gasteiger partial charge in [0.1, 0.15) is 0 Å². The Labute approximate surface area is 186 Å². The third kappa shape index (κ3) is 5.67. The first kappa shape index (κ1) is 23.7. The van der Waals surface area contributed by atoms with Gasteiger partial charge in [0.05, 0.1) is 23.8 Å². The molecule has 2 atom stereocenters. The number of nitrogens with zero attached hydrogens (tertiary/aromatic N) is 2. The molecule has 0 saturated carbocycles. The molecule has 1 N–H and O–H groups in total. The lowest BCUT2D eigenvalue weighted by molar-refractivity contribution is -0.167. The van der Waals surface area contributed by atoms with Gasteiger partial charge in [-0.3, -0.25) is 14.4 Å². The molecule has 0 aliphatic carbocycles. The Balaban J connectivity index is 1.81. The SMILES string of the molecule is CC(=O)OC(C(=O)Nc1ccc(C#N)cc1)C1OCCN(c2ccc(C(F)(F)F)cc2)C1=O. The number of hydrogen-bond acceptors (Lipinski definition) is 6. The lowest BCUT2D eigenvalue weighted by Crippen LogP contribution is -2.56. The third-order valence-corrected chi connectivity index (χ3v) is 4.74. The van der Waals surface area contributed by atoms with E-state index < -0.39 is 41.7 Å². The van der Waals surface area contributed by atoms with Crippen LogP contribution in [0.3, 0.4) is 0 Å². The molecule has 3 rings (SSSR count). The zero-order valence-electron chi connectivity index (χ0n) is 17.3. The van der Waals surface area contributed by atoms with Crippen molar-refractivity contribution >= 4 is 29.2 Å². The fraction of sp³-hybridized carbons (Fsp3) is 0.273. The second-order valence-electron chi connectivity index (χ2n) is 7.03. The van der Waals surface area contributed by atoms with E-state index in [1.165, 1.54) is 29.2 Å². The average molecular weight is 461 g/mol. The lowest BCUT2D eigenvalue weighted by atomic mass is 10.1. The van der Waals surface area contributed by atoms with Crippen molar-refractivity contribution in [3.63, 3.8) is 0 Å². The van der Waals surface area contributed by atoms with Crippen LogP contribution in [0.25, 0.3) is 0 Å². The summed E-state index contributed by atoms with van der Waals surface area (Å²) in [5.41, 5.74) is -0.0417. The van der Waals surface area contributed by atoms with Gasteiger partial charge in [0, 0.05) is 24.8 Å². The minimum absolute atomic E-state index is 0.0325. The summed E-state index contributed by atoms with van der Waals surface area (Å²) in [4.78, 5) is 38.6. The van der Waals surface area contributed by atoms with E-state index in [1.807, 2.05) is 6.07 Å². The van der Waals surface area contributed by atoms with Crippen molar-refractivity contribution in [2.45, 2.75) is 25.3 Å². The normalized spacial score (nSPS) is 17.1. The van der Waals surface area contributed by atoms with E-state index in [1.54, 1.807) is 0 Å². The molecule has 1 heterocycles. The first-order valence-electron chi connectivity index (χ1n) is 9.68. The van der Waals surface area contributed by atoms with Crippen molar-refractivity contribution in [3.05, 3.63) is 59.7 Å². The summed E-state index contributed by atoms with van der Waals surface area (Å²) >= 11 is 0. The highest BCUT2D eigenvalue weighted by Gasteiger charge is 2.42. The molecule has 1 aliphatic heterocycles. The minimum Gasteiger partial charge on any atom is -0.449 e.